The molecule has 29 heavy (non-hydrogen) atoms. The van der Waals surface area contributed by atoms with E-state index >= 15 is 0 Å². The number of likely N-dealkylation sites (N-methyl/N-ethyl adjacent to an activating group) is 2. The number of benzene rings is 1. The Morgan fingerprint density at radius 3 is 2.21 bits per heavy atom. The molecular formula is C23H31N3O2S. The number of aryl methyl sites for hydroxylation is 1. The van der Waals surface area contributed by atoms with Gasteiger partial charge in [0.05, 0.1) is 0 Å². The van der Waals surface area contributed by atoms with Crippen molar-refractivity contribution in [3.63, 3.8) is 0 Å². The van der Waals surface area contributed by atoms with Crippen molar-refractivity contribution in [2.24, 2.45) is 0 Å². The Morgan fingerprint density at radius 2 is 1.69 bits per heavy atom. The summed E-state index contributed by atoms with van der Waals surface area (Å²) in [4.78, 5) is 30.6. The first-order valence-corrected chi connectivity index (χ1v) is 10.5. The average molecular weight is 414 g/mol. The summed E-state index contributed by atoms with van der Waals surface area (Å²) in [7, 11) is 3.21. The molecule has 3 rings (SSSR count). The molecule has 2 aliphatic heterocycles. The number of amides is 2. The lowest BCUT2D eigenvalue weighted by Crippen LogP contribution is -2.52. The predicted octanol–water partition coefficient (Wildman–Crippen LogP) is 4.09. The number of hydrogen-bond acceptors (Lipinski definition) is 4. The molecule has 0 saturated carbocycles. The SMILES string of the molecule is Cc1cc2c(cc1C=C1C(=O)N(C)C(=S)N(C)C1=O)C(C)CC(C)(C)N2C(C)C. The monoisotopic (exact) mass is 413 g/mol. The maximum Gasteiger partial charge on any atom is 0.265 e. The second-order valence-electron chi connectivity index (χ2n) is 9.22. The Bertz CT molecular complexity index is 906. The van der Waals surface area contributed by atoms with Crippen LogP contribution in [-0.2, 0) is 9.59 Å². The topological polar surface area (TPSA) is 43.9 Å². The van der Waals surface area contributed by atoms with Gasteiger partial charge in [0.1, 0.15) is 5.57 Å². The van der Waals surface area contributed by atoms with Crippen molar-refractivity contribution in [1.29, 1.82) is 0 Å². The highest BCUT2D eigenvalue weighted by molar-refractivity contribution is 7.80. The minimum Gasteiger partial charge on any atom is -0.364 e. The minimum absolute atomic E-state index is 0.0728. The molecule has 6 heteroatoms. The van der Waals surface area contributed by atoms with Gasteiger partial charge in [-0.05, 0) is 94.1 Å². The third-order valence-corrected chi connectivity index (χ3v) is 6.67. The average Bonchev–Trinajstić information content (AvgIpc) is 2.61. The number of rotatable bonds is 2. The minimum atomic E-state index is -0.354. The third kappa shape index (κ3) is 3.48. The fraction of sp³-hybridized carbons (Fsp3) is 0.522. The van der Waals surface area contributed by atoms with Gasteiger partial charge in [-0.1, -0.05) is 6.92 Å². The van der Waals surface area contributed by atoms with Crippen molar-refractivity contribution in [1.82, 2.24) is 9.80 Å². The summed E-state index contributed by atoms with van der Waals surface area (Å²) in [6.45, 7) is 13.3. The number of nitrogens with zero attached hydrogens (tertiary/aromatic N) is 3. The van der Waals surface area contributed by atoms with E-state index in [-0.39, 0.29) is 28.0 Å². The van der Waals surface area contributed by atoms with Crippen molar-refractivity contribution in [2.75, 3.05) is 19.0 Å². The molecule has 1 saturated heterocycles. The molecule has 0 spiro atoms. The lowest BCUT2D eigenvalue weighted by atomic mass is 9.78. The molecule has 2 amide bonds. The van der Waals surface area contributed by atoms with Crippen LogP contribution in [0.5, 0.6) is 0 Å². The lowest BCUT2D eigenvalue weighted by Gasteiger charge is -2.50. The van der Waals surface area contributed by atoms with Gasteiger partial charge in [-0.3, -0.25) is 19.4 Å². The van der Waals surface area contributed by atoms with E-state index in [2.05, 4.69) is 51.7 Å². The van der Waals surface area contributed by atoms with Gasteiger partial charge in [-0.25, -0.2) is 0 Å². The van der Waals surface area contributed by atoms with Crippen LogP contribution in [0.1, 0.15) is 63.6 Å². The molecule has 0 aromatic heterocycles. The van der Waals surface area contributed by atoms with E-state index < -0.39 is 0 Å². The second-order valence-corrected chi connectivity index (χ2v) is 9.58. The maximum absolute atomic E-state index is 12.7. The van der Waals surface area contributed by atoms with E-state index in [0.717, 1.165) is 17.5 Å². The highest BCUT2D eigenvalue weighted by Gasteiger charge is 2.39. The number of carbonyl (C=O) groups excluding carboxylic acids is 2. The summed E-state index contributed by atoms with van der Waals surface area (Å²) < 4.78 is 0. The largest absolute Gasteiger partial charge is 0.364 e. The normalized spacial score (nSPS) is 21.8. The van der Waals surface area contributed by atoms with Gasteiger partial charge in [0.25, 0.3) is 11.8 Å². The van der Waals surface area contributed by atoms with Gasteiger partial charge >= 0.3 is 0 Å². The molecule has 0 radical (unpaired) electrons. The maximum atomic E-state index is 12.7. The highest BCUT2D eigenvalue weighted by Crippen LogP contribution is 2.45. The summed E-state index contributed by atoms with van der Waals surface area (Å²) in [5.74, 6) is -0.315. The molecule has 2 heterocycles. The number of anilines is 1. The molecule has 156 valence electrons. The first kappa shape index (κ1) is 21.5. The quantitative estimate of drug-likeness (QED) is 0.416. The Kier molecular flexibility index (Phi) is 5.37. The fourth-order valence-electron chi connectivity index (χ4n) is 4.88. The van der Waals surface area contributed by atoms with Gasteiger partial charge in [-0.2, -0.15) is 0 Å². The Hall–Kier alpha value is -2.21. The van der Waals surface area contributed by atoms with Crippen LogP contribution >= 0.6 is 12.2 Å². The lowest BCUT2D eigenvalue weighted by molar-refractivity contribution is -0.132. The van der Waals surface area contributed by atoms with Crippen LogP contribution in [0.25, 0.3) is 6.08 Å². The van der Waals surface area contributed by atoms with Crippen LogP contribution in [0.4, 0.5) is 5.69 Å². The third-order valence-electron chi connectivity index (χ3n) is 6.12. The van der Waals surface area contributed by atoms with Gasteiger partial charge in [0.15, 0.2) is 5.11 Å². The summed E-state index contributed by atoms with van der Waals surface area (Å²) in [5, 5.41) is 0.225. The van der Waals surface area contributed by atoms with Crippen molar-refractivity contribution >= 4 is 40.9 Å². The molecule has 0 aliphatic carbocycles. The van der Waals surface area contributed by atoms with Gasteiger partial charge < -0.3 is 4.90 Å². The molecule has 1 aromatic rings. The second kappa shape index (κ2) is 7.24. The fourth-order valence-corrected chi connectivity index (χ4v) is 5.04. The van der Waals surface area contributed by atoms with Crippen LogP contribution in [0.2, 0.25) is 0 Å². The molecular weight excluding hydrogens is 382 g/mol. The highest BCUT2D eigenvalue weighted by atomic mass is 32.1. The standard InChI is InChI=1S/C23H31N3O2S/c1-13(2)26-19-9-14(3)16(10-17(19)15(4)12-23(26,5)6)11-18-20(27)24(7)22(29)25(8)21(18)28/h9-11,13,15H,12H2,1-8H3. The molecule has 1 fully saturated rings. The van der Waals surface area contributed by atoms with Crippen LogP contribution in [-0.4, -0.2) is 52.4 Å². The van der Waals surface area contributed by atoms with Crippen LogP contribution < -0.4 is 4.90 Å². The molecule has 5 nitrogen and oxygen atoms in total. The Balaban J connectivity index is 2.13. The van der Waals surface area contributed by atoms with E-state index in [1.54, 1.807) is 20.2 Å². The summed E-state index contributed by atoms with van der Waals surface area (Å²) in [6.07, 6.45) is 2.77. The van der Waals surface area contributed by atoms with Crippen LogP contribution in [0, 0.1) is 6.92 Å². The molecule has 1 aromatic carbocycles. The van der Waals surface area contributed by atoms with Crippen molar-refractivity contribution in [3.05, 3.63) is 34.4 Å². The van der Waals surface area contributed by atoms with Crippen molar-refractivity contribution in [2.45, 2.75) is 65.5 Å². The number of carbonyl (C=O) groups is 2. The first-order chi connectivity index (χ1) is 13.4. The summed E-state index contributed by atoms with van der Waals surface area (Å²) in [5.41, 5.74) is 4.69. The smallest absolute Gasteiger partial charge is 0.265 e. The predicted molar refractivity (Wildman–Crippen MR) is 122 cm³/mol. The zero-order valence-electron chi connectivity index (χ0n) is 18.7. The zero-order chi connectivity index (χ0) is 21.8. The number of fused-ring (bicyclic) bond motifs is 1. The molecule has 1 atom stereocenters. The van der Waals surface area contributed by atoms with Crippen LogP contribution in [0.15, 0.2) is 17.7 Å². The summed E-state index contributed by atoms with van der Waals surface area (Å²) >= 11 is 5.18. The van der Waals surface area contributed by atoms with Gasteiger partial charge in [-0.15, -0.1) is 0 Å². The first-order valence-electron chi connectivity index (χ1n) is 10.1. The molecule has 0 N–H and O–H groups in total. The number of hydrogen-bond donors (Lipinski definition) is 0. The van der Waals surface area contributed by atoms with Crippen LogP contribution in [0.3, 0.4) is 0 Å². The van der Waals surface area contributed by atoms with E-state index in [0.29, 0.717) is 12.0 Å². The van der Waals surface area contributed by atoms with Crippen molar-refractivity contribution < 1.29 is 9.59 Å². The van der Waals surface area contributed by atoms with Gasteiger partial charge in [0, 0.05) is 31.4 Å². The van der Waals surface area contributed by atoms with E-state index in [9.17, 15) is 9.59 Å². The zero-order valence-corrected chi connectivity index (χ0v) is 19.5. The Morgan fingerprint density at radius 1 is 1.14 bits per heavy atom. The van der Waals surface area contributed by atoms with E-state index in [1.165, 1.54) is 21.1 Å². The molecule has 0 bridgehead atoms. The van der Waals surface area contributed by atoms with Gasteiger partial charge in [0.2, 0.25) is 0 Å². The Labute approximate surface area is 179 Å². The molecule has 1 unspecified atom stereocenters. The molecule has 2 aliphatic rings. The number of thiocarbonyl (C=S) groups is 1. The van der Waals surface area contributed by atoms with E-state index in [4.69, 9.17) is 12.2 Å². The van der Waals surface area contributed by atoms with E-state index in [1.807, 2.05) is 6.92 Å². The van der Waals surface area contributed by atoms with Crippen molar-refractivity contribution in [3.8, 4) is 0 Å². The summed E-state index contributed by atoms with van der Waals surface area (Å²) in [6, 6.07) is 4.74.